The molecule has 0 radical (unpaired) electrons. The molecule has 3 nitrogen and oxygen atoms in total. The van der Waals surface area contributed by atoms with Crippen LogP contribution in [0.1, 0.15) is 59.3 Å². The summed E-state index contributed by atoms with van der Waals surface area (Å²) in [7, 11) is 0. The largest absolute Gasteiger partial charge is 0.396 e. The highest BCUT2D eigenvalue weighted by Gasteiger charge is 2.27. The van der Waals surface area contributed by atoms with Crippen molar-refractivity contribution in [3.05, 3.63) is 0 Å². The Morgan fingerprint density at radius 1 is 1.28 bits per heavy atom. The summed E-state index contributed by atoms with van der Waals surface area (Å²) in [5, 5.41) is 12.2. The Bertz CT molecular complexity index is 255. The molecule has 0 unspecified atom stereocenters. The Labute approximate surface area is 111 Å². The van der Waals surface area contributed by atoms with Gasteiger partial charge in [0.2, 0.25) is 5.91 Å². The molecule has 1 aliphatic rings. The first kappa shape index (κ1) is 15.5. The summed E-state index contributed by atoms with van der Waals surface area (Å²) in [5.74, 6) is 0.811. The van der Waals surface area contributed by atoms with E-state index in [2.05, 4.69) is 26.1 Å². The Morgan fingerprint density at radius 2 is 1.89 bits per heavy atom. The van der Waals surface area contributed by atoms with Gasteiger partial charge in [-0.15, -0.1) is 0 Å². The molecule has 0 aromatic heterocycles. The van der Waals surface area contributed by atoms with Crippen LogP contribution < -0.4 is 5.32 Å². The molecule has 1 rings (SSSR count). The fraction of sp³-hybridized carbons (Fsp3) is 0.933. The molecule has 1 aliphatic carbocycles. The summed E-state index contributed by atoms with van der Waals surface area (Å²) >= 11 is 0. The third kappa shape index (κ3) is 4.97. The highest BCUT2D eigenvalue weighted by molar-refractivity contribution is 5.78. The van der Waals surface area contributed by atoms with E-state index >= 15 is 0 Å². The lowest BCUT2D eigenvalue weighted by Crippen LogP contribution is -2.39. The van der Waals surface area contributed by atoms with Crippen molar-refractivity contribution in [1.29, 1.82) is 0 Å². The molecule has 0 aromatic carbocycles. The minimum Gasteiger partial charge on any atom is -0.396 e. The fourth-order valence-corrected chi connectivity index (χ4v) is 2.84. The van der Waals surface area contributed by atoms with E-state index in [9.17, 15) is 4.79 Å². The van der Waals surface area contributed by atoms with Crippen LogP contribution in [0.5, 0.6) is 0 Å². The smallest absolute Gasteiger partial charge is 0.223 e. The summed E-state index contributed by atoms with van der Waals surface area (Å²) in [5.41, 5.74) is 0.201. The van der Waals surface area contributed by atoms with Gasteiger partial charge in [-0.1, -0.05) is 27.2 Å². The van der Waals surface area contributed by atoms with E-state index in [-0.39, 0.29) is 23.8 Å². The molecular weight excluding hydrogens is 226 g/mol. The third-order valence-corrected chi connectivity index (χ3v) is 4.14. The van der Waals surface area contributed by atoms with Crippen LogP contribution in [0.25, 0.3) is 0 Å². The zero-order valence-corrected chi connectivity index (χ0v) is 12.2. The summed E-state index contributed by atoms with van der Waals surface area (Å²) in [6, 6.07) is 0. The van der Waals surface area contributed by atoms with E-state index in [0.717, 1.165) is 45.1 Å². The molecule has 0 saturated heterocycles. The van der Waals surface area contributed by atoms with E-state index in [4.69, 9.17) is 5.11 Å². The van der Waals surface area contributed by atoms with E-state index in [1.54, 1.807) is 0 Å². The van der Waals surface area contributed by atoms with E-state index in [0.29, 0.717) is 5.92 Å². The molecule has 2 N–H and O–H groups in total. The van der Waals surface area contributed by atoms with Crippen molar-refractivity contribution >= 4 is 5.91 Å². The van der Waals surface area contributed by atoms with Gasteiger partial charge in [-0.2, -0.15) is 0 Å². The first-order valence-electron chi connectivity index (χ1n) is 7.37. The Hall–Kier alpha value is -0.570. The molecule has 1 fully saturated rings. The predicted octanol–water partition coefficient (Wildman–Crippen LogP) is 2.73. The molecule has 106 valence electrons. The summed E-state index contributed by atoms with van der Waals surface area (Å²) in [6.45, 7) is 7.65. The maximum Gasteiger partial charge on any atom is 0.223 e. The summed E-state index contributed by atoms with van der Waals surface area (Å²) in [6.07, 6.45) is 6.16. The van der Waals surface area contributed by atoms with Crippen LogP contribution in [-0.4, -0.2) is 24.2 Å². The second-order valence-corrected chi connectivity index (χ2v) is 6.53. The van der Waals surface area contributed by atoms with Crippen LogP contribution in [0.2, 0.25) is 0 Å². The molecule has 1 saturated carbocycles. The molecule has 0 atom stereocenters. The van der Waals surface area contributed by atoms with Crippen molar-refractivity contribution in [3.63, 3.8) is 0 Å². The zero-order valence-electron chi connectivity index (χ0n) is 12.2. The van der Waals surface area contributed by atoms with Gasteiger partial charge in [0.15, 0.2) is 0 Å². The van der Waals surface area contributed by atoms with Crippen molar-refractivity contribution in [1.82, 2.24) is 5.32 Å². The van der Waals surface area contributed by atoms with Crippen LogP contribution in [0.15, 0.2) is 0 Å². The molecule has 18 heavy (non-hydrogen) atoms. The molecule has 0 bridgehead atoms. The number of hydrogen-bond donors (Lipinski definition) is 2. The van der Waals surface area contributed by atoms with Crippen LogP contribution in [-0.2, 0) is 4.79 Å². The minimum atomic E-state index is 0.172. The number of carbonyl (C=O) groups excluding carboxylic acids is 1. The highest BCUT2D eigenvalue weighted by Crippen LogP contribution is 2.29. The average Bonchev–Trinajstić information content (AvgIpc) is 2.36. The number of rotatable bonds is 6. The zero-order chi connectivity index (χ0) is 13.6. The molecule has 0 aliphatic heterocycles. The van der Waals surface area contributed by atoms with Crippen LogP contribution in [0.4, 0.5) is 0 Å². The molecule has 0 spiro atoms. The van der Waals surface area contributed by atoms with E-state index in [1.165, 1.54) is 0 Å². The van der Waals surface area contributed by atoms with E-state index < -0.39 is 0 Å². The van der Waals surface area contributed by atoms with Gasteiger partial charge in [0.25, 0.3) is 0 Å². The number of aliphatic hydroxyl groups is 1. The van der Waals surface area contributed by atoms with Gasteiger partial charge in [-0.05, 0) is 43.4 Å². The molecular formula is C15H29NO2. The number of hydrogen-bond acceptors (Lipinski definition) is 2. The monoisotopic (exact) mass is 255 g/mol. The number of aliphatic hydroxyl groups excluding tert-OH is 1. The Kier molecular flexibility index (Phi) is 6.13. The molecule has 1 amide bonds. The molecule has 3 heteroatoms. The first-order chi connectivity index (χ1) is 8.48. The summed E-state index contributed by atoms with van der Waals surface area (Å²) < 4.78 is 0. The maximum atomic E-state index is 12.1. The van der Waals surface area contributed by atoms with E-state index in [1.807, 2.05) is 0 Å². The minimum absolute atomic E-state index is 0.172. The lowest BCUT2D eigenvalue weighted by molar-refractivity contribution is -0.126. The lowest BCUT2D eigenvalue weighted by Gasteiger charge is -2.29. The van der Waals surface area contributed by atoms with Crippen LogP contribution in [0, 0.1) is 17.3 Å². The second-order valence-electron chi connectivity index (χ2n) is 6.53. The topological polar surface area (TPSA) is 49.3 Å². The fourth-order valence-electron chi connectivity index (χ4n) is 2.84. The van der Waals surface area contributed by atoms with Gasteiger partial charge in [-0.3, -0.25) is 4.79 Å². The standard InChI is InChI=1S/C15H29NO2/c1-4-9-15(2,3)11-16-14(18)13-7-5-12(10-17)6-8-13/h12-13,17H,4-11H2,1-3H3,(H,16,18). The Balaban J connectivity index is 2.29. The molecule has 0 aromatic rings. The van der Waals surface area contributed by atoms with Crippen molar-refractivity contribution in [2.24, 2.45) is 17.3 Å². The molecule has 0 heterocycles. The maximum absolute atomic E-state index is 12.1. The third-order valence-electron chi connectivity index (χ3n) is 4.14. The SMILES string of the molecule is CCCC(C)(C)CNC(=O)C1CCC(CO)CC1. The van der Waals surface area contributed by atoms with Gasteiger partial charge in [0.1, 0.15) is 0 Å². The normalized spacial score (nSPS) is 24.9. The van der Waals surface area contributed by atoms with Crippen LogP contribution in [0.3, 0.4) is 0 Å². The second kappa shape index (κ2) is 7.13. The van der Waals surface area contributed by atoms with Crippen molar-refractivity contribution in [2.75, 3.05) is 13.2 Å². The summed E-state index contributed by atoms with van der Waals surface area (Å²) in [4.78, 5) is 12.1. The lowest BCUT2D eigenvalue weighted by atomic mass is 9.81. The van der Waals surface area contributed by atoms with Gasteiger partial charge < -0.3 is 10.4 Å². The van der Waals surface area contributed by atoms with Crippen molar-refractivity contribution < 1.29 is 9.90 Å². The highest BCUT2D eigenvalue weighted by atomic mass is 16.3. The first-order valence-corrected chi connectivity index (χ1v) is 7.37. The van der Waals surface area contributed by atoms with Gasteiger partial charge in [-0.25, -0.2) is 0 Å². The Morgan fingerprint density at radius 3 is 2.39 bits per heavy atom. The van der Waals surface area contributed by atoms with Crippen LogP contribution >= 0.6 is 0 Å². The average molecular weight is 255 g/mol. The van der Waals surface area contributed by atoms with Gasteiger partial charge >= 0.3 is 0 Å². The predicted molar refractivity (Wildman–Crippen MR) is 74.2 cm³/mol. The number of nitrogens with one attached hydrogen (secondary N) is 1. The number of amides is 1. The van der Waals surface area contributed by atoms with Crippen molar-refractivity contribution in [2.45, 2.75) is 59.3 Å². The number of carbonyl (C=O) groups is 1. The van der Waals surface area contributed by atoms with Gasteiger partial charge in [0, 0.05) is 19.1 Å². The quantitative estimate of drug-likeness (QED) is 0.766. The van der Waals surface area contributed by atoms with Crippen molar-refractivity contribution in [3.8, 4) is 0 Å². The van der Waals surface area contributed by atoms with Gasteiger partial charge in [0.05, 0.1) is 0 Å².